The van der Waals surface area contributed by atoms with Gasteiger partial charge in [0.2, 0.25) is 0 Å². The number of hydrogen-bond donors (Lipinski definition) is 1. The van der Waals surface area contributed by atoms with Crippen molar-refractivity contribution in [1.82, 2.24) is 5.06 Å². The molecule has 1 aromatic rings. The summed E-state index contributed by atoms with van der Waals surface area (Å²) in [6, 6.07) is 10.1. The number of hydrogen-bond acceptors (Lipinski definition) is 4. The Hall–Kier alpha value is -1.39. The topological polar surface area (TPSA) is 49.8 Å². The summed E-state index contributed by atoms with van der Waals surface area (Å²) in [6.07, 6.45) is 10.5. The molecule has 4 heteroatoms. The molecule has 4 atom stereocenters. The number of carbonyl (C=O) groups is 1. The molecule has 1 N–H and O–H groups in total. The normalized spacial score (nSPS) is 26.2. The third kappa shape index (κ3) is 7.32. The molecule has 174 valence electrons. The molecule has 2 saturated carbocycles. The van der Waals surface area contributed by atoms with Gasteiger partial charge in [-0.25, -0.2) is 0 Å². The molecule has 31 heavy (non-hydrogen) atoms. The minimum atomic E-state index is -0.0846. The molecule has 0 aliphatic heterocycles. The zero-order chi connectivity index (χ0) is 22.2. The van der Waals surface area contributed by atoms with E-state index in [1.54, 1.807) is 0 Å². The number of ether oxygens (including phenoxy) is 1. The van der Waals surface area contributed by atoms with Gasteiger partial charge in [0.25, 0.3) is 0 Å². The van der Waals surface area contributed by atoms with Crippen LogP contribution in [-0.2, 0) is 16.1 Å². The molecule has 1 unspecified atom stereocenters. The number of hydroxylamine groups is 2. The average Bonchev–Trinajstić information content (AvgIpc) is 2.75. The third-order valence-corrected chi connectivity index (χ3v) is 7.65. The Bertz CT molecular complexity index is 656. The van der Waals surface area contributed by atoms with E-state index < -0.39 is 0 Å². The molecule has 3 rings (SSSR count). The largest absolute Gasteiger partial charge is 0.462 e. The second-order valence-corrected chi connectivity index (χ2v) is 10.4. The van der Waals surface area contributed by atoms with Crippen molar-refractivity contribution in [2.75, 3.05) is 0 Å². The highest BCUT2D eigenvalue weighted by Gasteiger charge is 2.34. The van der Waals surface area contributed by atoms with Crippen molar-refractivity contribution in [2.24, 2.45) is 23.7 Å². The summed E-state index contributed by atoms with van der Waals surface area (Å²) in [4.78, 5) is 12.8. The molecule has 0 heterocycles. The van der Waals surface area contributed by atoms with E-state index >= 15 is 0 Å². The lowest BCUT2D eigenvalue weighted by Crippen LogP contribution is -2.40. The predicted molar refractivity (Wildman–Crippen MR) is 125 cm³/mol. The van der Waals surface area contributed by atoms with Crippen LogP contribution in [0, 0.1) is 23.7 Å². The van der Waals surface area contributed by atoms with E-state index in [-0.39, 0.29) is 18.1 Å². The molecule has 0 radical (unpaired) electrons. The SMILES string of the molecule is CC(C)[C@@H]1CC[C@@H](C)C[C@H]1OC(=O)CCC(C1CCCCC1)N(O)Cc1ccccc1. The highest BCUT2D eigenvalue weighted by molar-refractivity contribution is 5.69. The van der Waals surface area contributed by atoms with Crippen molar-refractivity contribution in [2.45, 2.75) is 104 Å². The molecule has 2 aliphatic carbocycles. The molecule has 0 bridgehead atoms. The standard InChI is InChI=1S/C27H43NO3/c1-20(2)24-15-14-21(3)18-26(24)31-27(29)17-16-25(23-12-8-5-9-13-23)28(30)19-22-10-6-4-7-11-22/h4,6-7,10-11,20-21,23-26,30H,5,8-9,12-19H2,1-3H3/t21-,24+,25?,26-/m1/s1. The van der Waals surface area contributed by atoms with Gasteiger partial charge in [0.05, 0.1) is 0 Å². The molecular weight excluding hydrogens is 386 g/mol. The van der Waals surface area contributed by atoms with Crippen LogP contribution >= 0.6 is 0 Å². The number of benzene rings is 1. The van der Waals surface area contributed by atoms with Gasteiger partial charge in [0, 0.05) is 19.0 Å². The lowest BCUT2D eigenvalue weighted by Gasteiger charge is -2.37. The number of esters is 1. The van der Waals surface area contributed by atoms with E-state index in [9.17, 15) is 10.0 Å². The summed E-state index contributed by atoms with van der Waals surface area (Å²) < 4.78 is 6.03. The Labute approximate surface area is 189 Å². The predicted octanol–water partition coefficient (Wildman–Crippen LogP) is 6.61. The molecular formula is C27H43NO3. The molecule has 1 aromatic carbocycles. The van der Waals surface area contributed by atoms with Gasteiger partial charge in [-0.2, -0.15) is 5.06 Å². The van der Waals surface area contributed by atoms with Crippen LogP contribution < -0.4 is 0 Å². The molecule has 0 aromatic heterocycles. The van der Waals surface area contributed by atoms with E-state index in [0.29, 0.717) is 43.1 Å². The molecule has 0 saturated heterocycles. The minimum absolute atomic E-state index is 0.0132. The van der Waals surface area contributed by atoms with Crippen molar-refractivity contribution in [3.63, 3.8) is 0 Å². The van der Waals surface area contributed by atoms with Crippen LogP contribution in [0.1, 0.15) is 90.5 Å². The average molecular weight is 430 g/mol. The summed E-state index contributed by atoms with van der Waals surface area (Å²) in [7, 11) is 0. The Morgan fingerprint density at radius 3 is 2.48 bits per heavy atom. The smallest absolute Gasteiger partial charge is 0.306 e. The van der Waals surface area contributed by atoms with Crippen LogP contribution in [0.25, 0.3) is 0 Å². The highest BCUT2D eigenvalue weighted by Crippen LogP contribution is 2.36. The first-order valence-electron chi connectivity index (χ1n) is 12.6. The first-order chi connectivity index (χ1) is 14.9. The maximum Gasteiger partial charge on any atom is 0.306 e. The van der Waals surface area contributed by atoms with Gasteiger partial charge in [-0.1, -0.05) is 76.8 Å². The summed E-state index contributed by atoms with van der Waals surface area (Å²) in [5.41, 5.74) is 1.10. The quantitative estimate of drug-likeness (QED) is 0.354. The van der Waals surface area contributed by atoms with Crippen LogP contribution in [0.15, 0.2) is 30.3 Å². The van der Waals surface area contributed by atoms with Gasteiger partial charge in [-0.15, -0.1) is 0 Å². The van der Waals surface area contributed by atoms with Crippen LogP contribution in [0.3, 0.4) is 0 Å². The Balaban J connectivity index is 1.58. The first-order valence-corrected chi connectivity index (χ1v) is 12.6. The van der Waals surface area contributed by atoms with Crippen LogP contribution in [0.2, 0.25) is 0 Å². The Morgan fingerprint density at radius 1 is 1.10 bits per heavy atom. The molecule has 0 spiro atoms. The fourth-order valence-electron chi connectivity index (χ4n) is 5.78. The summed E-state index contributed by atoms with van der Waals surface area (Å²) >= 11 is 0. The van der Waals surface area contributed by atoms with Crippen molar-refractivity contribution < 1.29 is 14.7 Å². The Kier molecular flexibility index (Phi) is 9.40. The second kappa shape index (κ2) is 12.0. The van der Waals surface area contributed by atoms with Crippen molar-refractivity contribution in [1.29, 1.82) is 0 Å². The van der Waals surface area contributed by atoms with E-state index in [2.05, 4.69) is 20.8 Å². The second-order valence-electron chi connectivity index (χ2n) is 10.4. The van der Waals surface area contributed by atoms with E-state index in [1.807, 2.05) is 30.3 Å². The van der Waals surface area contributed by atoms with Gasteiger partial charge < -0.3 is 9.94 Å². The van der Waals surface area contributed by atoms with Gasteiger partial charge in [-0.05, 0) is 61.3 Å². The summed E-state index contributed by atoms with van der Waals surface area (Å²) in [6.45, 7) is 7.26. The fourth-order valence-corrected chi connectivity index (χ4v) is 5.78. The van der Waals surface area contributed by atoms with Gasteiger partial charge in [-0.3, -0.25) is 4.79 Å². The molecule has 2 fully saturated rings. The zero-order valence-electron chi connectivity index (χ0n) is 19.8. The minimum Gasteiger partial charge on any atom is -0.462 e. The van der Waals surface area contributed by atoms with E-state index in [4.69, 9.17) is 4.74 Å². The molecule has 4 nitrogen and oxygen atoms in total. The van der Waals surface area contributed by atoms with Crippen molar-refractivity contribution in [3.05, 3.63) is 35.9 Å². The van der Waals surface area contributed by atoms with Crippen molar-refractivity contribution >= 4 is 5.97 Å². The fraction of sp³-hybridized carbons (Fsp3) is 0.741. The number of carbonyl (C=O) groups excluding carboxylic acids is 1. The van der Waals surface area contributed by atoms with Gasteiger partial charge >= 0.3 is 5.97 Å². The maximum absolute atomic E-state index is 12.8. The lowest BCUT2D eigenvalue weighted by molar-refractivity contribution is -0.165. The first kappa shape index (κ1) is 24.3. The summed E-state index contributed by atoms with van der Waals surface area (Å²) in [5.74, 6) is 2.01. The van der Waals surface area contributed by atoms with E-state index in [0.717, 1.165) is 31.2 Å². The van der Waals surface area contributed by atoms with Gasteiger partial charge in [0.1, 0.15) is 6.10 Å². The molecule has 2 aliphatic rings. The van der Waals surface area contributed by atoms with Crippen molar-refractivity contribution in [3.8, 4) is 0 Å². The summed E-state index contributed by atoms with van der Waals surface area (Å²) in [5, 5.41) is 12.5. The van der Waals surface area contributed by atoms with Gasteiger partial charge in [0.15, 0.2) is 0 Å². The monoisotopic (exact) mass is 429 g/mol. The molecule has 0 amide bonds. The Morgan fingerprint density at radius 2 is 1.81 bits per heavy atom. The van der Waals surface area contributed by atoms with E-state index in [1.165, 1.54) is 30.7 Å². The number of rotatable bonds is 9. The van der Waals surface area contributed by atoms with Crippen LogP contribution in [-0.4, -0.2) is 28.4 Å². The zero-order valence-corrected chi connectivity index (χ0v) is 19.8. The number of nitrogens with zero attached hydrogens (tertiary/aromatic N) is 1. The maximum atomic E-state index is 12.8. The van der Waals surface area contributed by atoms with Crippen LogP contribution in [0.4, 0.5) is 0 Å². The lowest BCUT2D eigenvalue weighted by atomic mass is 9.75. The third-order valence-electron chi connectivity index (χ3n) is 7.65. The highest BCUT2D eigenvalue weighted by atomic mass is 16.5. The van der Waals surface area contributed by atoms with Crippen LogP contribution in [0.5, 0.6) is 0 Å².